The molecular formula is C20H18N6O. The number of amides is 1. The van der Waals surface area contributed by atoms with Crippen LogP contribution in [0.2, 0.25) is 0 Å². The average molecular weight is 358 g/mol. The molecule has 0 aliphatic rings. The van der Waals surface area contributed by atoms with Crippen molar-refractivity contribution in [1.29, 1.82) is 0 Å². The van der Waals surface area contributed by atoms with Crippen molar-refractivity contribution in [2.75, 3.05) is 6.54 Å². The highest BCUT2D eigenvalue weighted by atomic mass is 16.1. The molecule has 1 amide bonds. The zero-order valence-corrected chi connectivity index (χ0v) is 14.6. The number of pyridine rings is 3. The molecule has 1 N–H and O–H groups in total. The van der Waals surface area contributed by atoms with Crippen molar-refractivity contribution < 1.29 is 4.79 Å². The minimum Gasteiger partial charge on any atom is -0.352 e. The van der Waals surface area contributed by atoms with Crippen LogP contribution in [0, 0.1) is 0 Å². The van der Waals surface area contributed by atoms with E-state index in [1.807, 2.05) is 34.9 Å². The van der Waals surface area contributed by atoms with Gasteiger partial charge in [-0.3, -0.25) is 14.8 Å². The summed E-state index contributed by atoms with van der Waals surface area (Å²) in [6.07, 6.45) is 9.32. The van der Waals surface area contributed by atoms with Crippen molar-refractivity contribution in [1.82, 2.24) is 29.8 Å². The van der Waals surface area contributed by atoms with Gasteiger partial charge in [0.05, 0.1) is 24.1 Å². The number of nitrogens with zero attached hydrogens (tertiary/aromatic N) is 5. The van der Waals surface area contributed by atoms with E-state index in [2.05, 4.69) is 25.3 Å². The van der Waals surface area contributed by atoms with Gasteiger partial charge in [0.15, 0.2) is 5.65 Å². The van der Waals surface area contributed by atoms with Gasteiger partial charge in [0, 0.05) is 31.3 Å². The largest absolute Gasteiger partial charge is 0.352 e. The van der Waals surface area contributed by atoms with E-state index in [4.69, 9.17) is 0 Å². The fourth-order valence-corrected chi connectivity index (χ4v) is 2.82. The number of rotatable bonds is 6. The van der Waals surface area contributed by atoms with Crippen LogP contribution in [0.4, 0.5) is 0 Å². The van der Waals surface area contributed by atoms with Gasteiger partial charge in [-0.1, -0.05) is 12.1 Å². The Balaban J connectivity index is 1.43. The fourth-order valence-electron chi connectivity index (χ4n) is 2.82. The Hall–Kier alpha value is -3.61. The summed E-state index contributed by atoms with van der Waals surface area (Å²) in [7, 11) is 0. The minimum atomic E-state index is -0.160. The molecule has 0 spiro atoms. The molecule has 4 rings (SSSR count). The highest BCUT2D eigenvalue weighted by Gasteiger charge is 2.11. The highest BCUT2D eigenvalue weighted by molar-refractivity contribution is 5.96. The fraction of sp³-hybridized carbons (Fsp3) is 0.150. The maximum Gasteiger partial charge on any atom is 0.252 e. The van der Waals surface area contributed by atoms with E-state index in [-0.39, 0.29) is 5.91 Å². The van der Waals surface area contributed by atoms with Crippen molar-refractivity contribution in [2.24, 2.45) is 0 Å². The van der Waals surface area contributed by atoms with Crippen molar-refractivity contribution in [3.8, 4) is 0 Å². The third-order valence-electron chi connectivity index (χ3n) is 4.20. The Labute approximate surface area is 156 Å². The number of hydrogen-bond donors (Lipinski definition) is 1. The summed E-state index contributed by atoms with van der Waals surface area (Å²) >= 11 is 0. The number of imidazole rings is 1. The Kier molecular flexibility index (Phi) is 4.82. The average Bonchev–Trinajstić information content (AvgIpc) is 3.11. The number of aromatic nitrogens is 5. The molecule has 0 bridgehead atoms. The summed E-state index contributed by atoms with van der Waals surface area (Å²) in [6.45, 7) is 1.12. The van der Waals surface area contributed by atoms with E-state index in [0.717, 1.165) is 23.3 Å². The SMILES string of the molecule is O=C(NCCc1cccnc1)c1cnc2c(c1)ncn2Cc1ccccn1. The molecule has 0 radical (unpaired) electrons. The van der Waals surface area contributed by atoms with Crippen LogP contribution in [0.1, 0.15) is 21.6 Å². The third-order valence-corrected chi connectivity index (χ3v) is 4.20. The van der Waals surface area contributed by atoms with Crippen molar-refractivity contribution in [3.05, 3.63) is 84.3 Å². The van der Waals surface area contributed by atoms with Crippen molar-refractivity contribution in [2.45, 2.75) is 13.0 Å². The van der Waals surface area contributed by atoms with E-state index < -0.39 is 0 Å². The summed E-state index contributed by atoms with van der Waals surface area (Å²) in [5.41, 5.74) is 3.92. The summed E-state index contributed by atoms with van der Waals surface area (Å²) < 4.78 is 1.92. The lowest BCUT2D eigenvalue weighted by atomic mass is 10.2. The molecule has 4 aromatic rings. The lowest BCUT2D eigenvalue weighted by molar-refractivity contribution is 0.0954. The zero-order chi connectivity index (χ0) is 18.5. The molecule has 0 unspecified atom stereocenters. The van der Waals surface area contributed by atoms with E-state index in [1.165, 1.54) is 0 Å². The normalized spacial score (nSPS) is 10.8. The van der Waals surface area contributed by atoms with Gasteiger partial charge in [-0.2, -0.15) is 0 Å². The summed E-state index contributed by atoms with van der Waals surface area (Å²) in [5.74, 6) is -0.160. The predicted molar refractivity (Wildman–Crippen MR) is 101 cm³/mol. The van der Waals surface area contributed by atoms with E-state index in [0.29, 0.717) is 24.2 Å². The molecule has 134 valence electrons. The molecule has 0 aliphatic heterocycles. The van der Waals surface area contributed by atoms with Gasteiger partial charge in [0.1, 0.15) is 5.52 Å². The molecule has 27 heavy (non-hydrogen) atoms. The maximum atomic E-state index is 12.4. The predicted octanol–water partition coefficient (Wildman–Crippen LogP) is 2.24. The van der Waals surface area contributed by atoms with Crippen LogP contribution in [0.5, 0.6) is 0 Å². The van der Waals surface area contributed by atoms with Crippen LogP contribution in [0.15, 0.2) is 67.5 Å². The molecule has 4 heterocycles. The van der Waals surface area contributed by atoms with Crippen LogP contribution in [-0.4, -0.2) is 37.0 Å². The molecule has 0 fully saturated rings. The first-order valence-electron chi connectivity index (χ1n) is 8.67. The van der Waals surface area contributed by atoms with Crippen molar-refractivity contribution >= 4 is 17.1 Å². The molecule has 0 aliphatic carbocycles. The van der Waals surface area contributed by atoms with E-state index in [9.17, 15) is 4.79 Å². The van der Waals surface area contributed by atoms with Gasteiger partial charge in [-0.15, -0.1) is 0 Å². The lowest BCUT2D eigenvalue weighted by Crippen LogP contribution is -2.25. The van der Waals surface area contributed by atoms with Gasteiger partial charge < -0.3 is 9.88 Å². The first-order valence-corrected chi connectivity index (χ1v) is 8.67. The quantitative estimate of drug-likeness (QED) is 0.571. The number of carbonyl (C=O) groups excluding carboxylic acids is 1. The standard InChI is InChI=1S/C20H18N6O/c27-20(23-9-6-15-4-3-7-21-11-15)16-10-18-19(24-12-16)26(14-25-18)13-17-5-1-2-8-22-17/h1-5,7-8,10-12,14H,6,9,13H2,(H,23,27). The summed E-state index contributed by atoms with van der Waals surface area (Å²) in [5, 5.41) is 2.91. The van der Waals surface area contributed by atoms with Gasteiger partial charge in [0.25, 0.3) is 5.91 Å². The molecule has 0 saturated carbocycles. The third kappa shape index (κ3) is 3.98. The molecule has 7 heteroatoms. The van der Waals surface area contributed by atoms with Crippen LogP contribution < -0.4 is 5.32 Å². The number of fused-ring (bicyclic) bond motifs is 1. The smallest absolute Gasteiger partial charge is 0.252 e. The van der Waals surface area contributed by atoms with Crippen molar-refractivity contribution in [3.63, 3.8) is 0 Å². The Bertz CT molecular complexity index is 1050. The van der Waals surface area contributed by atoms with Crippen LogP contribution in [0.3, 0.4) is 0 Å². The molecule has 0 atom stereocenters. The highest BCUT2D eigenvalue weighted by Crippen LogP contribution is 2.13. The first-order chi connectivity index (χ1) is 13.3. The second kappa shape index (κ2) is 7.74. The number of nitrogens with one attached hydrogen (secondary N) is 1. The van der Waals surface area contributed by atoms with Gasteiger partial charge >= 0.3 is 0 Å². The van der Waals surface area contributed by atoms with Crippen LogP contribution in [0.25, 0.3) is 11.2 Å². The minimum absolute atomic E-state index is 0.160. The molecule has 0 aromatic carbocycles. The second-order valence-corrected chi connectivity index (χ2v) is 6.13. The van der Waals surface area contributed by atoms with Crippen LogP contribution >= 0.6 is 0 Å². The zero-order valence-electron chi connectivity index (χ0n) is 14.6. The van der Waals surface area contributed by atoms with E-state index in [1.54, 1.807) is 37.2 Å². The summed E-state index contributed by atoms with van der Waals surface area (Å²) in [4.78, 5) is 29.6. The Morgan fingerprint density at radius 1 is 1.04 bits per heavy atom. The first kappa shape index (κ1) is 16.8. The monoisotopic (exact) mass is 358 g/mol. The molecule has 4 aromatic heterocycles. The Morgan fingerprint density at radius 3 is 2.81 bits per heavy atom. The summed E-state index contributed by atoms with van der Waals surface area (Å²) in [6, 6.07) is 11.4. The lowest BCUT2D eigenvalue weighted by Gasteiger charge is -2.06. The van der Waals surface area contributed by atoms with Gasteiger partial charge in [0.2, 0.25) is 0 Å². The topological polar surface area (TPSA) is 85.6 Å². The second-order valence-electron chi connectivity index (χ2n) is 6.13. The van der Waals surface area contributed by atoms with Gasteiger partial charge in [-0.05, 0) is 36.2 Å². The number of carbonyl (C=O) groups is 1. The maximum absolute atomic E-state index is 12.4. The van der Waals surface area contributed by atoms with Crippen LogP contribution in [-0.2, 0) is 13.0 Å². The van der Waals surface area contributed by atoms with Gasteiger partial charge in [-0.25, -0.2) is 9.97 Å². The number of hydrogen-bond acceptors (Lipinski definition) is 5. The van der Waals surface area contributed by atoms with E-state index >= 15 is 0 Å². The molecular weight excluding hydrogens is 340 g/mol. The molecule has 7 nitrogen and oxygen atoms in total. The molecule has 0 saturated heterocycles. The Morgan fingerprint density at radius 2 is 2.00 bits per heavy atom.